The van der Waals surface area contributed by atoms with Crippen molar-refractivity contribution in [2.24, 2.45) is 0 Å². The van der Waals surface area contributed by atoms with Crippen LogP contribution in [0.15, 0.2) is 48.5 Å². The Labute approximate surface area is 123 Å². The molecule has 0 aromatic heterocycles. The molecule has 0 spiro atoms. The largest absolute Gasteiger partial charge is 0.291 e. The molecule has 0 amide bonds. The van der Waals surface area contributed by atoms with Gasteiger partial charge in [0.25, 0.3) is 0 Å². The van der Waals surface area contributed by atoms with Crippen LogP contribution in [0.4, 0.5) is 0 Å². The van der Waals surface area contributed by atoms with Gasteiger partial charge in [-0.2, -0.15) is 0 Å². The molecule has 1 aliphatic rings. The predicted octanol–water partition coefficient (Wildman–Crippen LogP) is 3.75. The predicted molar refractivity (Wildman–Crippen MR) is 88.8 cm³/mol. The maximum absolute atomic E-state index is 2.52. The van der Waals surface area contributed by atoms with Crippen LogP contribution in [0.25, 0.3) is 0 Å². The molecule has 104 valence electrons. The molecule has 2 aromatic carbocycles. The summed E-state index contributed by atoms with van der Waals surface area (Å²) in [6, 6.07) is 18.1. The number of benzene rings is 2. The minimum atomic E-state index is -1.17. The van der Waals surface area contributed by atoms with E-state index in [0.717, 1.165) is 19.6 Å². The lowest BCUT2D eigenvalue weighted by molar-refractivity contribution is 0.275. The Hall–Kier alpha value is -1.38. The Morgan fingerprint density at radius 1 is 0.850 bits per heavy atom. The normalized spacial score (nSPS) is 15.3. The monoisotopic (exact) mass is 281 g/mol. The van der Waals surface area contributed by atoms with E-state index in [1.165, 1.54) is 16.7 Å². The highest BCUT2D eigenvalue weighted by molar-refractivity contribution is 6.88. The fourth-order valence-corrected chi connectivity index (χ4v) is 4.05. The van der Waals surface area contributed by atoms with Crippen LogP contribution in [0, 0.1) is 0 Å². The zero-order chi connectivity index (χ0) is 14.2. The smallest absolute Gasteiger partial charge is 0.0775 e. The van der Waals surface area contributed by atoms with E-state index in [9.17, 15) is 0 Å². The summed E-state index contributed by atoms with van der Waals surface area (Å²) in [7, 11) is -1.17. The highest BCUT2D eigenvalue weighted by atomic mass is 28.3. The summed E-state index contributed by atoms with van der Waals surface area (Å²) < 4.78 is 0. The van der Waals surface area contributed by atoms with Gasteiger partial charge < -0.3 is 0 Å². The van der Waals surface area contributed by atoms with Gasteiger partial charge in [0.15, 0.2) is 0 Å². The van der Waals surface area contributed by atoms with Gasteiger partial charge in [-0.3, -0.25) is 4.90 Å². The second-order valence-corrected chi connectivity index (χ2v) is 11.9. The lowest BCUT2D eigenvalue weighted by Crippen LogP contribution is -2.37. The van der Waals surface area contributed by atoms with Gasteiger partial charge in [-0.05, 0) is 16.7 Å². The van der Waals surface area contributed by atoms with Crippen molar-refractivity contribution >= 4 is 13.3 Å². The van der Waals surface area contributed by atoms with Gasteiger partial charge in [-0.15, -0.1) is 0 Å². The summed E-state index contributed by atoms with van der Waals surface area (Å²) in [6.45, 7) is 10.4. The van der Waals surface area contributed by atoms with Crippen LogP contribution in [0.1, 0.15) is 16.7 Å². The molecule has 2 aromatic rings. The molecule has 2 heteroatoms. The first-order chi connectivity index (χ1) is 9.52. The van der Waals surface area contributed by atoms with Crippen molar-refractivity contribution in [3.63, 3.8) is 0 Å². The van der Waals surface area contributed by atoms with Gasteiger partial charge >= 0.3 is 0 Å². The maximum Gasteiger partial charge on any atom is 0.0775 e. The number of fused-ring (bicyclic) bond motifs is 1. The average molecular weight is 281 g/mol. The molecule has 0 aliphatic carbocycles. The zero-order valence-electron chi connectivity index (χ0n) is 12.7. The van der Waals surface area contributed by atoms with Gasteiger partial charge in [0.05, 0.1) is 8.07 Å². The topological polar surface area (TPSA) is 3.24 Å². The van der Waals surface area contributed by atoms with Crippen molar-refractivity contribution in [2.45, 2.75) is 39.3 Å². The van der Waals surface area contributed by atoms with E-state index in [1.807, 2.05) is 0 Å². The average Bonchev–Trinajstić information content (AvgIpc) is 2.80. The molecular formula is C18H23NSi. The summed E-state index contributed by atoms with van der Waals surface area (Å²) >= 11 is 0. The van der Waals surface area contributed by atoms with Crippen LogP contribution in [-0.2, 0) is 19.6 Å². The Morgan fingerprint density at radius 2 is 1.40 bits per heavy atom. The lowest BCUT2D eigenvalue weighted by atomic mass is 10.1. The Morgan fingerprint density at radius 3 is 1.90 bits per heavy atom. The minimum absolute atomic E-state index is 1.06. The van der Waals surface area contributed by atoms with E-state index in [2.05, 4.69) is 73.1 Å². The first kappa shape index (κ1) is 13.6. The molecule has 20 heavy (non-hydrogen) atoms. The molecule has 0 unspecified atom stereocenters. The van der Waals surface area contributed by atoms with Crippen molar-refractivity contribution in [1.29, 1.82) is 0 Å². The van der Waals surface area contributed by atoms with Gasteiger partial charge in [0, 0.05) is 19.6 Å². The number of rotatable bonds is 3. The molecule has 0 saturated heterocycles. The van der Waals surface area contributed by atoms with E-state index in [0.29, 0.717) is 0 Å². The van der Waals surface area contributed by atoms with Crippen molar-refractivity contribution in [2.75, 3.05) is 0 Å². The molecule has 1 aliphatic heterocycles. The standard InChI is InChI=1S/C18H23NSi/c1-20(2,3)18-10-8-15(9-11-18)12-19-13-16-6-4-5-7-17(16)14-19/h4-11H,12-14H2,1-3H3. The maximum atomic E-state index is 2.52. The second kappa shape index (κ2) is 5.19. The third-order valence-electron chi connectivity index (χ3n) is 4.13. The van der Waals surface area contributed by atoms with E-state index in [-0.39, 0.29) is 0 Å². The number of nitrogens with zero attached hydrogens (tertiary/aromatic N) is 1. The van der Waals surface area contributed by atoms with Crippen LogP contribution in [0.5, 0.6) is 0 Å². The van der Waals surface area contributed by atoms with Crippen molar-refractivity contribution in [1.82, 2.24) is 4.90 Å². The second-order valence-electron chi connectivity index (χ2n) is 6.86. The molecule has 0 N–H and O–H groups in total. The van der Waals surface area contributed by atoms with Crippen molar-refractivity contribution in [3.8, 4) is 0 Å². The van der Waals surface area contributed by atoms with Gasteiger partial charge in [-0.1, -0.05) is 73.4 Å². The Kier molecular flexibility index (Phi) is 3.53. The first-order valence-corrected chi connectivity index (χ1v) is 10.9. The van der Waals surface area contributed by atoms with E-state index >= 15 is 0 Å². The quantitative estimate of drug-likeness (QED) is 0.775. The van der Waals surface area contributed by atoms with E-state index in [4.69, 9.17) is 0 Å². The van der Waals surface area contributed by atoms with Gasteiger partial charge in [-0.25, -0.2) is 0 Å². The molecule has 0 atom stereocenters. The Balaban J connectivity index is 1.68. The SMILES string of the molecule is C[Si](C)(C)c1ccc(CN2Cc3ccccc3C2)cc1. The van der Waals surface area contributed by atoms with E-state index in [1.54, 1.807) is 5.19 Å². The Bertz CT molecular complexity index is 571. The summed E-state index contributed by atoms with van der Waals surface area (Å²) in [5.74, 6) is 0. The third-order valence-corrected chi connectivity index (χ3v) is 6.20. The molecule has 0 bridgehead atoms. The molecule has 1 nitrogen and oxygen atoms in total. The summed E-state index contributed by atoms with van der Waals surface area (Å²) in [6.07, 6.45) is 0. The molecule has 0 saturated carbocycles. The zero-order valence-corrected chi connectivity index (χ0v) is 13.7. The van der Waals surface area contributed by atoms with Gasteiger partial charge in [0.2, 0.25) is 0 Å². The molecule has 0 fully saturated rings. The first-order valence-electron chi connectivity index (χ1n) is 7.41. The summed E-state index contributed by atoms with van der Waals surface area (Å²) in [5.41, 5.74) is 4.41. The summed E-state index contributed by atoms with van der Waals surface area (Å²) in [4.78, 5) is 2.52. The van der Waals surface area contributed by atoms with Crippen LogP contribution in [0.2, 0.25) is 19.6 Å². The van der Waals surface area contributed by atoms with Crippen LogP contribution < -0.4 is 5.19 Å². The van der Waals surface area contributed by atoms with E-state index < -0.39 is 8.07 Å². The molecule has 3 rings (SSSR count). The molecule has 1 heterocycles. The number of hydrogen-bond acceptors (Lipinski definition) is 1. The van der Waals surface area contributed by atoms with Crippen LogP contribution in [-0.4, -0.2) is 13.0 Å². The molecule has 0 radical (unpaired) electrons. The highest BCUT2D eigenvalue weighted by Crippen LogP contribution is 2.23. The van der Waals surface area contributed by atoms with Gasteiger partial charge in [0.1, 0.15) is 0 Å². The lowest BCUT2D eigenvalue weighted by Gasteiger charge is -2.18. The molecular weight excluding hydrogens is 258 g/mol. The fourth-order valence-electron chi connectivity index (χ4n) is 2.88. The van der Waals surface area contributed by atoms with Crippen molar-refractivity contribution < 1.29 is 0 Å². The summed E-state index contributed by atoms with van der Waals surface area (Å²) in [5, 5.41) is 1.55. The fraction of sp³-hybridized carbons (Fsp3) is 0.333. The number of hydrogen-bond donors (Lipinski definition) is 0. The van der Waals surface area contributed by atoms with Crippen molar-refractivity contribution in [3.05, 3.63) is 65.2 Å². The highest BCUT2D eigenvalue weighted by Gasteiger charge is 2.19. The van der Waals surface area contributed by atoms with Crippen LogP contribution in [0.3, 0.4) is 0 Å². The van der Waals surface area contributed by atoms with Crippen LogP contribution >= 0.6 is 0 Å². The third kappa shape index (κ3) is 2.86. The minimum Gasteiger partial charge on any atom is -0.291 e.